The van der Waals surface area contributed by atoms with Crippen molar-refractivity contribution in [1.29, 1.82) is 0 Å². The molecular formula is C13H26N2O2. The molecule has 1 fully saturated rings. The van der Waals surface area contributed by atoms with Gasteiger partial charge in [0.15, 0.2) is 0 Å². The summed E-state index contributed by atoms with van der Waals surface area (Å²) < 4.78 is 0. The zero-order valence-electron chi connectivity index (χ0n) is 11.9. The van der Waals surface area contributed by atoms with Crippen molar-refractivity contribution in [3.8, 4) is 0 Å². The molecule has 1 rings (SSSR count). The zero-order chi connectivity index (χ0) is 13.4. The molecule has 1 aliphatic heterocycles. The quantitative estimate of drug-likeness (QED) is 0.791. The smallest absolute Gasteiger partial charge is 0.320 e. The molecule has 0 spiro atoms. The van der Waals surface area contributed by atoms with Crippen LogP contribution in [0.2, 0.25) is 0 Å². The standard InChI is InChI=1S/C13H26N2O2/c1-9(11(16)17)14-10-7-12(2,3)15(6)13(4,5)8-10/h9-10,14H,7-8H2,1-6H3,(H,16,17). The molecule has 0 saturated carbocycles. The maximum absolute atomic E-state index is 10.9. The van der Waals surface area contributed by atoms with Gasteiger partial charge in [-0.15, -0.1) is 0 Å². The van der Waals surface area contributed by atoms with Crippen molar-refractivity contribution >= 4 is 5.97 Å². The van der Waals surface area contributed by atoms with Crippen molar-refractivity contribution in [3.63, 3.8) is 0 Å². The molecule has 0 aromatic heterocycles. The minimum absolute atomic E-state index is 0.0949. The van der Waals surface area contributed by atoms with E-state index in [1.807, 2.05) is 0 Å². The molecule has 0 aliphatic carbocycles. The second-order valence-electron chi connectivity index (χ2n) is 6.52. The number of hydrogen-bond acceptors (Lipinski definition) is 3. The van der Waals surface area contributed by atoms with Crippen LogP contribution in [-0.4, -0.2) is 46.2 Å². The number of carboxylic acid groups (broad SMARTS) is 1. The van der Waals surface area contributed by atoms with Crippen molar-refractivity contribution in [2.45, 2.75) is 70.6 Å². The van der Waals surface area contributed by atoms with Crippen LogP contribution < -0.4 is 5.32 Å². The van der Waals surface area contributed by atoms with E-state index in [0.29, 0.717) is 0 Å². The summed E-state index contributed by atoms with van der Waals surface area (Å²) in [5.74, 6) is -0.778. The van der Waals surface area contributed by atoms with Gasteiger partial charge in [-0.2, -0.15) is 0 Å². The normalized spacial score (nSPS) is 26.7. The minimum Gasteiger partial charge on any atom is -0.480 e. The Labute approximate surface area is 104 Å². The van der Waals surface area contributed by atoms with Gasteiger partial charge in [-0.05, 0) is 54.5 Å². The monoisotopic (exact) mass is 242 g/mol. The molecule has 0 amide bonds. The number of hydrogen-bond donors (Lipinski definition) is 2. The van der Waals surface area contributed by atoms with Gasteiger partial charge in [0.1, 0.15) is 6.04 Å². The Morgan fingerprint density at radius 2 is 1.71 bits per heavy atom. The summed E-state index contributed by atoms with van der Waals surface area (Å²) in [5.41, 5.74) is 0.190. The van der Waals surface area contributed by atoms with Crippen molar-refractivity contribution in [2.24, 2.45) is 0 Å². The SMILES string of the molecule is CC(NC1CC(C)(C)N(C)C(C)(C)C1)C(=O)O. The summed E-state index contributed by atoms with van der Waals surface area (Å²) in [4.78, 5) is 13.3. The van der Waals surface area contributed by atoms with E-state index in [0.717, 1.165) is 12.8 Å². The lowest BCUT2D eigenvalue weighted by Gasteiger charge is -2.54. The van der Waals surface area contributed by atoms with Gasteiger partial charge in [0, 0.05) is 17.1 Å². The summed E-state index contributed by atoms with van der Waals surface area (Å²) in [5, 5.41) is 12.2. The molecule has 4 nitrogen and oxygen atoms in total. The highest BCUT2D eigenvalue weighted by Gasteiger charge is 2.43. The average Bonchev–Trinajstić information content (AvgIpc) is 2.12. The Kier molecular flexibility index (Phi) is 3.89. The lowest BCUT2D eigenvalue weighted by molar-refractivity contribution is -0.139. The van der Waals surface area contributed by atoms with E-state index in [4.69, 9.17) is 5.11 Å². The maximum atomic E-state index is 10.9. The van der Waals surface area contributed by atoms with Crippen molar-refractivity contribution in [2.75, 3.05) is 7.05 Å². The number of carboxylic acids is 1. The van der Waals surface area contributed by atoms with E-state index in [1.54, 1.807) is 6.92 Å². The first-order valence-corrected chi connectivity index (χ1v) is 6.29. The van der Waals surface area contributed by atoms with Gasteiger partial charge in [-0.1, -0.05) is 0 Å². The first kappa shape index (κ1) is 14.5. The van der Waals surface area contributed by atoms with Crippen molar-refractivity contribution in [1.82, 2.24) is 10.2 Å². The molecule has 0 aromatic rings. The molecule has 2 N–H and O–H groups in total. The Morgan fingerprint density at radius 3 is 2.06 bits per heavy atom. The van der Waals surface area contributed by atoms with Gasteiger partial charge in [-0.25, -0.2) is 0 Å². The van der Waals surface area contributed by atoms with E-state index in [-0.39, 0.29) is 17.1 Å². The van der Waals surface area contributed by atoms with Gasteiger partial charge in [-0.3, -0.25) is 9.69 Å². The van der Waals surface area contributed by atoms with Gasteiger partial charge >= 0.3 is 5.97 Å². The van der Waals surface area contributed by atoms with Crippen LogP contribution in [0.3, 0.4) is 0 Å². The van der Waals surface area contributed by atoms with Crippen LogP contribution >= 0.6 is 0 Å². The fourth-order valence-corrected chi connectivity index (χ4v) is 2.91. The fraction of sp³-hybridized carbons (Fsp3) is 0.923. The third-order valence-electron chi connectivity index (χ3n) is 4.16. The molecule has 0 radical (unpaired) electrons. The molecule has 1 aliphatic rings. The predicted molar refractivity (Wildman–Crippen MR) is 69.2 cm³/mol. The van der Waals surface area contributed by atoms with Crippen LogP contribution in [0.1, 0.15) is 47.5 Å². The lowest BCUT2D eigenvalue weighted by atomic mass is 9.77. The highest BCUT2D eigenvalue weighted by atomic mass is 16.4. The van der Waals surface area contributed by atoms with Crippen LogP contribution in [-0.2, 0) is 4.79 Å². The first-order chi connectivity index (χ1) is 7.56. The Morgan fingerprint density at radius 1 is 1.29 bits per heavy atom. The highest BCUT2D eigenvalue weighted by Crippen LogP contribution is 2.36. The molecular weight excluding hydrogens is 216 g/mol. The Hall–Kier alpha value is -0.610. The van der Waals surface area contributed by atoms with E-state index in [9.17, 15) is 4.79 Å². The van der Waals surface area contributed by atoms with Crippen molar-refractivity contribution < 1.29 is 9.90 Å². The number of nitrogens with one attached hydrogen (secondary N) is 1. The lowest BCUT2D eigenvalue weighted by Crippen LogP contribution is -2.63. The Balaban J connectivity index is 2.75. The van der Waals surface area contributed by atoms with E-state index >= 15 is 0 Å². The van der Waals surface area contributed by atoms with Crippen LogP contribution in [0.15, 0.2) is 0 Å². The van der Waals surface area contributed by atoms with Crippen molar-refractivity contribution in [3.05, 3.63) is 0 Å². The van der Waals surface area contributed by atoms with Gasteiger partial charge in [0.25, 0.3) is 0 Å². The molecule has 100 valence electrons. The molecule has 0 aromatic carbocycles. The summed E-state index contributed by atoms with van der Waals surface area (Å²) in [6.07, 6.45) is 1.95. The topological polar surface area (TPSA) is 52.6 Å². The summed E-state index contributed by atoms with van der Waals surface area (Å²) in [6.45, 7) is 10.6. The Bertz CT molecular complexity index is 282. The first-order valence-electron chi connectivity index (χ1n) is 6.29. The second-order valence-corrected chi connectivity index (χ2v) is 6.52. The number of carbonyl (C=O) groups is 1. The molecule has 1 unspecified atom stereocenters. The molecule has 1 atom stereocenters. The van der Waals surface area contributed by atoms with E-state index in [2.05, 4.69) is 45.0 Å². The zero-order valence-corrected chi connectivity index (χ0v) is 11.9. The molecule has 17 heavy (non-hydrogen) atoms. The van der Waals surface area contributed by atoms with Crippen LogP contribution in [0.25, 0.3) is 0 Å². The number of nitrogens with zero attached hydrogens (tertiary/aromatic N) is 1. The largest absolute Gasteiger partial charge is 0.480 e. The van der Waals surface area contributed by atoms with E-state index < -0.39 is 12.0 Å². The third-order valence-corrected chi connectivity index (χ3v) is 4.16. The molecule has 4 heteroatoms. The minimum atomic E-state index is -0.778. The van der Waals surface area contributed by atoms with Crippen LogP contribution in [0, 0.1) is 0 Å². The third kappa shape index (κ3) is 3.19. The fourth-order valence-electron chi connectivity index (χ4n) is 2.91. The van der Waals surface area contributed by atoms with Gasteiger partial charge in [0.2, 0.25) is 0 Å². The number of piperidine rings is 1. The number of likely N-dealkylation sites (tertiary alicyclic amines) is 1. The van der Waals surface area contributed by atoms with E-state index in [1.165, 1.54) is 0 Å². The molecule has 1 saturated heterocycles. The molecule has 0 bridgehead atoms. The van der Waals surface area contributed by atoms with Crippen LogP contribution in [0.4, 0.5) is 0 Å². The average molecular weight is 242 g/mol. The summed E-state index contributed by atoms with van der Waals surface area (Å²) in [6, 6.07) is -0.211. The van der Waals surface area contributed by atoms with Crippen LogP contribution in [0.5, 0.6) is 0 Å². The highest BCUT2D eigenvalue weighted by molar-refractivity contribution is 5.72. The predicted octanol–water partition coefficient (Wildman–Crippen LogP) is 1.70. The second kappa shape index (κ2) is 4.58. The summed E-state index contributed by atoms with van der Waals surface area (Å²) >= 11 is 0. The summed E-state index contributed by atoms with van der Waals surface area (Å²) in [7, 11) is 2.15. The van der Waals surface area contributed by atoms with Gasteiger partial charge < -0.3 is 10.4 Å². The number of rotatable bonds is 3. The number of aliphatic carboxylic acids is 1. The molecule has 1 heterocycles. The van der Waals surface area contributed by atoms with Gasteiger partial charge in [0.05, 0.1) is 0 Å². The maximum Gasteiger partial charge on any atom is 0.320 e.